The fraction of sp³-hybridized carbons (Fsp3) is 1.00. The second kappa shape index (κ2) is 28.1. The summed E-state index contributed by atoms with van der Waals surface area (Å²) >= 11 is 0. The maximum Gasteiger partial charge on any atom is 0.261 e. The van der Waals surface area contributed by atoms with Crippen LogP contribution < -0.4 is 17.2 Å². The van der Waals surface area contributed by atoms with E-state index in [1.165, 1.54) is 135 Å². The Morgan fingerprint density at radius 3 is 0.571 bits per heavy atom. The molecular formula is C27H63N3O9S3. The highest BCUT2D eigenvalue weighted by Crippen LogP contribution is 2.16. The predicted molar refractivity (Wildman–Crippen MR) is 173 cm³/mol. The molecule has 12 nitrogen and oxygen atoms in total. The normalized spacial score (nSPS) is 20.2. The molecular weight excluding hydrogens is 607 g/mol. The molecule has 0 spiro atoms. The molecule has 0 amide bonds. The Labute approximate surface area is 257 Å². The van der Waals surface area contributed by atoms with Crippen LogP contribution in [0.25, 0.3) is 0 Å². The molecule has 3 saturated carbocycles. The summed E-state index contributed by atoms with van der Waals surface area (Å²) in [5.41, 5.74) is 17.4. The third-order valence-corrected chi connectivity index (χ3v) is 6.45. The lowest BCUT2D eigenvalue weighted by Gasteiger charge is -2.14. The van der Waals surface area contributed by atoms with Crippen molar-refractivity contribution in [2.75, 3.05) is 18.8 Å². The molecule has 3 fully saturated rings. The van der Waals surface area contributed by atoms with Crippen molar-refractivity contribution in [2.24, 2.45) is 17.2 Å². The van der Waals surface area contributed by atoms with Crippen LogP contribution in [-0.2, 0) is 30.4 Å². The first-order valence-corrected chi connectivity index (χ1v) is 20.8. The topological polar surface area (TPSA) is 241 Å². The summed E-state index contributed by atoms with van der Waals surface area (Å²) in [7, 11) is -11.0. The summed E-state index contributed by atoms with van der Waals surface area (Å²) in [4.78, 5) is 0. The summed E-state index contributed by atoms with van der Waals surface area (Å²) in [5.74, 6) is 0. The molecule has 0 unspecified atom stereocenters. The van der Waals surface area contributed by atoms with Crippen molar-refractivity contribution in [3.63, 3.8) is 0 Å². The van der Waals surface area contributed by atoms with Gasteiger partial charge < -0.3 is 17.2 Å². The molecule has 0 aromatic rings. The van der Waals surface area contributed by atoms with Crippen LogP contribution in [0.4, 0.5) is 0 Å². The zero-order valence-corrected chi connectivity index (χ0v) is 28.8. The van der Waals surface area contributed by atoms with E-state index in [0.29, 0.717) is 36.9 Å². The second-order valence-electron chi connectivity index (χ2n) is 11.5. The van der Waals surface area contributed by atoms with Gasteiger partial charge in [-0.1, -0.05) is 96.3 Å². The van der Waals surface area contributed by atoms with Gasteiger partial charge in [0.1, 0.15) is 0 Å². The van der Waals surface area contributed by atoms with Gasteiger partial charge in [0, 0.05) is 18.1 Å². The molecule has 3 aliphatic rings. The Morgan fingerprint density at radius 2 is 0.452 bits per heavy atom. The van der Waals surface area contributed by atoms with Gasteiger partial charge >= 0.3 is 0 Å². The van der Waals surface area contributed by atoms with E-state index < -0.39 is 30.4 Å². The lowest BCUT2D eigenvalue weighted by molar-refractivity contribution is 0.453. The summed E-state index contributed by atoms with van der Waals surface area (Å²) < 4.78 is 77.6. The van der Waals surface area contributed by atoms with Crippen LogP contribution in [-0.4, -0.2) is 75.8 Å². The van der Waals surface area contributed by atoms with Crippen molar-refractivity contribution >= 4 is 30.4 Å². The molecule has 0 aromatic heterocycles. The van der Waals surface area contributed by atoms with Crippen molar-refractivity contribution in [1.29, 1.82) is 0 Å². The fourth-order valence-corrected chi connectivity index (χ4v) is 4.46. The van der Waals surface area contributed by atoms with Crippen LogP contribution in [0.5, 0.6) is 0 Å². The van der Waals surface area contributed by atoms with E-state index in [-0.39, 0.29) is 0 Å². The maximum absolute atomic E-state index is 9.19. The van der Waals surface area contributed by atoms with Crippen LogP contribution in [0.2, 0.25) is 0 Å². The van der Waals surface area contributed by atoms with Crippen molar-refractivity contribution in [1.82, 2.24) is 0 Å². The zero-order chi connectivity index (χ0) is 33.1. The van der Waals surface area contributed by atoms with Crippen molar-refractivity contribution in [3.05, 3.63) is 0 Å². The molecule has 3 aliphatic carbocycles. The van der Waals surface area contributed by atoms with Gasteiger partial charge in [0.15, 0.2) is 0 Å². The van der Waals surface area contributed by atoms with Crippen LogP contribution in [0.15, 0.2) is 0 Å². The van der Waals surface area contributed by atoms with E-state index in [4.69, 9.17) is 30.9 Å². The molecule has 0 atom stereocenters. The van der Waals surface area contributed by atoms with E-state index in [2.05, 4.69) is 0 Å². The van der Waals surface area contributed by atoms with Crippen molar-refractivity contribution in [3.8, 4) is 0 Å². The molecule has 0 radical (unpaired) electrons. The average molecular weight is 670 g/mol. The summed E-state index contributed by atoms with van der Waals surface area (Å²) in [5, 5.41) is 0. The first-order valence-electron chi connectivity index (χ1n) is 15.2. The Morgan fingerprint density at radius 1 is 0.357 bits per heavy atom. The first kappa shape index (κ1) is 46.0. The lowest BCUT2D eigenvalue weighted by atomic mass is 9.98. The highest BCUT2D eigenvalue weighted by atomic mass is 32.2. The highest BCUT2D eigenvalue weighted by Gasteiger charge is 2.06. The maximum atomic E-state index is 9.19. The van der Waals surface area contributed by atoms with E-state index in [0.717, 1.165) is 0 Å². The second-order valence-corrected chi connectivity index (χ2v) is 15.9. The molecule has 0 saturated heterocycles. The zero-order valence-electron chi connectivity index (χ0n) is 26.3. The van der Waals surface area contributed by atoms with E-state index in [1.807, 2.05) is 0 Å². The van der Waals surface area contributed by atoms with Crippen LogP contribution >= 0.6 is 0 Å². The average Bonchev–Trinajstić information content (AvgIpc) is 2.74. The van der Waals surface area contributed by atoms with Gasteiger partial charge in [0.25, 0.3) is 30.4 Å². The monoisotopic (exact) mass is 669 g/mol. The van der Waals surface area contributed by atoms with E-state index in [1.54, 1.807) is 0 Å². The van der Waals surface area contributed by atoms with Gasteiger partial charge in [0.2, 0.25) is 0 Å². The minimum atomic E-state index is -3.67. The summed E-state index contributed by atoms with van der Waals surface area (Å²) in [6.45, 7) is 0. The van der Waals surface area contributed by atoms with Gasteiger partial charge in [-0.05, 0) is 38.5 Å². The first-order chi connectivity index (χ1) is 19.2. The number of hydrogen-bond donors (Lipinski definition) is 6. The lowest BCUT2D eigenvalue weighted by Crippen LogP contribution is -2.20. The van der Waals surface area contributed by atoms with Gasteiger partial charge in [0.05, 0.1) is 18.8 Å². The van der Waals surface area contributed by atoms with Gasteiger partial charge in [-0.3, -0.25) is 13.7 Å². The van der Waals surface area contributed by atoms with Crippen LogP contribution in [0.1, 0.15) is 135 Å². The van der Waals surface area contributed by atoms with E-state index >= 15 is 0 Å². The molecule has 0 aromatic carbocycles. The third kappa shape index (κ3) is 67.3. The molecule has 0 heterocycles. The standard InChI is InChI=1S/3C8H17N.3CH4O3S/c3*9-8-6-4-2-1-3-5-7-8;3*1-5(2,3)4/h3*8H,1-7,9H2;3*1H3,(H,2,3,4). The van der Waals surface area contributed by atoms with Crippen LogP contribution in [0, 0.1) is 0 Å². The SMILES string of the molecule is CS(=O)(=O)O.CS(=O)(=O)O.CS(=O)(=O)O.NC1CCCCCCC1.NC1CCCCCCC1.NC1CCCCCCC1. The highest BCUT2D eigenvalue weighted by molar-refractivity contribution is 7.85. The Hall–Kier alpha value is -0.390. The van der Waals surface area contributed by atoms with Gasteiger partial charge in [-0.2, -0.15) is 25.3 Å². The minimum Gasteiger partial charge on any atom is -0.328 e. The van der Waals surface area contributed by atoms with Crippen molar-refractivity contribution < 1.29 is 38.9 Å². The number of hydrogen-bond acceptors (Lipinski definition) is 9. The quantitative estimate of drug-likeness (QED) is 0.193. The van der Waals surface area contributed by atoms with Gasteiger partial charge in [-0.15, -0.1) is 0 Å². The predicted octanol–water partition coefficient (Wildman–Crippen LogP) is 4.69. The van der Waals surface area contributed by atoms with Gasteiger partial charge in [-0.25, -0.2) is 0 Å². The summed E-state index contributed by atoms with van der Waals surface area (Å²) in [6, 6.07) is 1.56. The number of rotatable bonds is 0. The Kier molecular flexibility index (Phi) is 30.8. The van der Waals surface area contributed by atoms with E-state index in [9.17, 15) is 25.3 Å². The third-order valence-electron chi connectivity index (χ3n) is 6.45. The molecule has 15 heteroatoms. The molecule has 9 N–H and O–H groups in total. The fourth-order valence-electron chi connectivity index (χ4n) is 4.46. The van der Waals surface area contributed by atoms with Crippen LogP contribution in [0.3, 0.4) is 0 Å². The number of nitrogens with two attached hydrogens (primary N) is 3. The minimum absolute atomic E-state index is 0.519. The smallest absolute Gasteiger partial charge is 0.261 e. The molecule has 0 aliphatic heterocycles. The Bertz CT molecular complexity index is 750. The molecule has 42 heavy (non-hydrogen) atoms. The largest absolute Gasteiger partial charge is 0.328 e. The Balaban J connectivity index is -0.000000446. The molecule has 0 bridgehead atoms. The molecule has 258 valence electrons. The summed E-state index contributed by atoms with van der Waals surface area (Å²) in [6.07, 6.45) is 30.7. The molecule has 3 rings (SSSR count). The van der Waals surface area contributed by atoms with Crippen molar-refractivity contribution in [2.45, 2.75) is 153 Å².